The molecule has 1 fully saturated rings. The number of rotatable bonds is 3. The van der Waals surface area contributed by atoms with Crippen LogP contribution in [-0.2, 0) is 4.74 Å². The second kappa shape index (κ2) is 4.34. The predicted octanol–water partition coefficient (Wildman–Crippen LogP) is 4.19. The summed E-state index contributed by atoms with van der Waals surface area (Å²) in [6.45, 7) is 7.69. The van der Waals surface area contributed by atoms with Gasteiger partial charge >= 0.3 is 0 Å². The highest BCUT2D eigenvalue weighted by Gasteiger charge is 2.55. The Morgan fingerprint density at radius 3 is 2.47 bits per heavy atom. The smallest absolute Gasteiger partial charge is 0.138 e. The summed E-state index contributed by atoms with van der Waals surface area (Å²) in [6, 6.07) is 5.22. The molecule has 1 aliphatic heterocycles. The summed E-state index contributed by atoms with van der Waals surface area (Å²) in [6.07, 6.45) is 0. The van der Waals surface area contributed by atoms with Crippen LogP contribution in [0.4, 0.5) is 0 Å². The van der Waals surface area contributed by atoms with Crippen LogP contribution in [0.25, 0.3) is 0 Å². The quantitative estimate of drug-likeness (QED) is 0.771. The molecule has 17 heavy (non-hydrogen) atoms. The molecule has 0 aliphatic carbocycles. The first-order valence-corrected chi connectivity index (χ1v) is 6.31. The molecule has 94 valence electrons. The van der Waals surface area contributed by atoms with E-state index in [-0.39, 0.29) is 11.0 Å². The largest absolute Gasteiger partial charge is 0.489 e. The minimum atomic E-state index is -0.185. The Hall–Kier alpha value is -0.440. The van der Waals surface area contributed by atoms with Crippen LogP contribution in [0.2, 0.25) is 10.0 Å². The van der Waals surface area contributed by atoms with Crippen LogP contribution >= 0.6 is 23.2 Å². The molecule has 0 saturated carbocycles. The molecule has 0 N–H and O–H groups in total. The number of ether oxygens (including phenoxy) is 2. The van der Waals surface area contributed by atoms with Crippen LogP contribution in [0.15, 0.2) is 18.2 Å². The van der Waals surface area contributed by atoms with Crippen molar-refractivity contribution in [1.29, 1.82) is 0 Å². The molecule has 1 heterocycles. The number of hydrogen-bond donors (Lipinski definition) is 0. The Morgan fingerprint density at radius 2 is 2.00 bits per heavy atom. The first kappa shape index (κ1) is 13.0. The van der Waals surface area contributed by atoms with E-state index in [1.54, 1.807) is 18.2 Å². The fourth-order valence-corrected chi connectivity index (χ4v) is 2.07. The zero-order valence-corrected chi connectivity index (χ0v) is 11.7. The first-order valence-electron chi connectivity index (χ1n) is 5.56. The molecule has 0 amide bonds. The lowest BCUT2D eigenvalue weighted by atomic mass is 9.81. The van der Waals surface area contributed by atoms with Gasteiger partial charge in [-0.15, -0.1) is 0 Å². The highest BCUT2D eigenvalue weighted by Crippen LogP contribution is 2.44. The van der Waals surface area contributed by atoms with Gasteiger partial charge in [0.15, 0.2) is 0 Å². The van der Waals surface area contributed by atoms with E-state index in [1.807, 2.05) is 0 Å². The third-order valence-corrected chi connectivity index (χ3v) is 3.74. The summed E-state index contributed by atoms with van der Waals surface area (Å²) in [4.78, 5) is 0. The van der Waals surface area contributed by atoms with E-state index in [2.05, 4.69) is 20.8 Å². The van der Waals surface area contributed by atoms with E-state index in [1.165, 1.54) is 0 Å². The Bertz CT molecular complexity index is 420. The number of hydrogen-bond acceptors (Lipinski definition) is 2. The van der Waals surface area contributed by atoms with Crippen molar-refractivity contribution >= 4 is 23.2 Å². The summed E-state index contributed by atoms with van der Waals surface area (Å²) in [5.74, 6) is 0.648. The van der Waals surface area contributed by atoms with Crippen LogP contribution in [0.1, 0.15) is 20.8 Å². The van der Waals surface area contributed by atoms with E-state index in [0.29, 0.717) is 22.4 Å². The lowest BCUT2D eigenvalue weighted by molar-refractivity contribution is 0.0935. The van der Waals surface area contributed by atoms with Gasteiger partial charge < -0.3 is 9.47 Å². The van der Waals surface area contributed by atoms with Gasteiger partial charge in [0.25, 0.3) is 0 Å². The Balaban J connectivity index is 2.04. The van der Waals surface area contributed by atoms with E-state index in [4.69, 9.17) is 32.7 Å². The van der Waals surface area contributed by atoms with E-state index in [9.17, 15) is 0 Å². The monoisotopic (exact) mass is 274 g/mol. The first-order chi connectivity index (χ1) is 7.84. The Labute approximate surface area is 112 Å². The van der Waals surface area contributed by atoms with Gasteiger partial charge in [0.1, 0.15) is 18.0 Å². The maximum Gasteiger partial charge on any atom is 0.138 e. The lowest BCUT2D eigenvalue weighted by Gasteiger charge is -2.27. The molecule has 1 unspecified atom stereocenters. The Kier molecular flexibility index (Phi) is 3.32. The number of halogens is 2. The summed E-state index contributed by atoms with van der Waals surface area (Å²) >= 11 is 11.9. The average molecular weight is 275 g/mol. The predicted molar refractivity (Wildman–Crippen MR) is 70.1 cm³/mol. The highest BCUT2D eigenvalue weighted by atomic mass is 35.5. The molecule has 0 spiro atoms. The third kappa shape index (κ3) is 2.70. The van der Waals surface area contributed by atoms with Crippen molar-refractivity contribution in [2.45, 2.75) is 26.4 Å². The zero-order chi connectivity index (χ0) is 12.7. The van der Waals surface area contributed by atoms with Crippen molar-refractivity contribution in [3.63, 3.8) is 0 Å². The fraction of sp³-hybridized carbons (Fsp3) is 0.538. The topological polar surface area (TPSA) is 21.8 Å². The van der Waals surface area contributed by atoms with E-state index >= 15 is 0 Å². The minimum Gasteiger partial charge on any atom is -0.489 e. The second-order valence-corrected chi connectivity index (χ2v) is 6.24. The number of benzene rings is 1. The van der Waals surface area contributed by atoms with Crippen LogP contribution < -0.4 is 4.74 Å². The van der Waals surface area contributed by atoms with Gasteiger partial charge in [0.05, 0.1) is 11.6 Å². The SMILES string of the molecule is CC(C)(C)C1(COc2ccc(Cl)cc2Cl)CO1. The maximum absolute atomic E-state index is 6.04. The van der Waals surface area contributed by atoms with E-state index < -0.39 is 0 Å². The summed E-state index contributed by atoms with van der Waals surface area (Å²) in [5.41, 5.74) is -0.123. The van der Waals surface area contributed by atoms with Crippen molar-refractivity contribution in [2.75, 3.05) is 13.2 Å². The standard InChI is InChI=1S/C13H16Cl2O2/c1-12(2,3)13(8-17-13)7-16-11-5-4-9(14)6-10(11)15/h4-6H,7-8H2,1-3H3. The molecule has 2 nitrogen and oxygen atoms in total. The summed E-state index contributed by atoms with van der Waals surface area (Å²) in [7, 11) is 0. The fourth-order valence-electron chi connectivity index (χ4n) is 1.61. The lowest BCUT2D eigenvalue weighted by Crippen LogP contribution is -2.36. The van der Waals surface area contributed by atoms with Gasteiger partial charge in [-0.05, 0) is 23.6 Å². The molecule has 0 bridgehead atoms. The molecule has 1 aliphatic rings. The molecule has 1 aromatic rings. The van der Waals surface area contributed by atoms with Crippen LogP contribution in [0.5, 0.6) is 5.75 Å². The van der Waals surface area contributed by atoms with E-state index in [0.717, 1.165) is 6.61 Å². The molecule has 4 heteroatoms. The van der Waals surface area contributed by atoms with Gasteiger partial charge in [-0.2, -0.15) is 0 Å². The van der Waals surface area contributed by atoms with Gasteiger partial charge in [0.2, 0.25) is 0 Å². The molecular weight excluding hydrogens is 259 g/mol. The third-order valence-electron chi connectivity index (χ3n) is 3.21. The van der Waals surface area contributed by atoms with Crippen molar-refractivity contribution in [1.82, 2.24) is 0 Å². The molecule has 0 radical (unpaired) electrons. The zero-order valence-electron chi connectivity index (χ0n) is 10.2. The van der Waals surface area contributed by atoms with Crippen molar-refractivity contribution in [2.24, 2.45) is 5.41 Å². The normalized spacial score (nSPS) is 23.6. The molecule has 1 aromatic carbocycles. The average Bonchev–Trinajstić information content (AvgIpc) is 2.96. The van der Waals surface area contributed by atoms with Crippen LogP contribution in [-0.4, -0.2) is 18.8 Å². The highest BCUT2D eigenvalue weighted by molar-refractivity contribution is 6.35. The molecule has 0 aromatic heterocycles. The van der Waals surface area contributed by atoms with Gasteiger partial charge in [-0.25, -0.2) is 0 Å². The second-order valence-electron chi connectivity index (χ2n) is 5.40. The molecular formula is C13H16Cl2O2. The van der Waals surface area contributed by atoms with Crippen LogP contribution in [0.3, 0.4) is 0 Å². The minimum absolute atomic E-state index is 0.0614. The van der Waals surface area contributed by atoms with Crippen molar-refractivity contribution < 1.29 is 9.47 Å². The van der Waals surface area contributed by atoms with Gasteiger partial charge in [0, 0.05) is 5.02 Å². The van der Waals surface area contributed by atoms with Crippen molar-refractivity contribution in [3.05, 3.63) is 28.2 Å². The van der Waals surface area contributed by atoms with Gasteiger partial charge in [-0.3, -0.25) is 0 Å². The molecule has 1 saturated heterocycles. The van der Waals surface area contributed by atoms with Crippen molar-refractivity contribution in [3.8, 4) is 5.75 Å². The van der Waals surface area contributed by atoms with Gasteiger partial charge in [-0.1, -0.05) is 44.0 Å². The number of epoxide rings is 1. The molecule has 2 rings (SSSR count). The Morgan fingerprint density at radius 1 is 1.35 bits per heavy atom. The molecule has 1 atom stereocenters. The van der Waals surface area contributed by atoms with Crippen LogP contribution in [0, 0.1) is 5.41 Å². The maximum atomic E-state index is 6.04. The summed E-state index contributed by atoms with van der Waals surface area (Å²) < 4.78 is 11.3. The summed E-state index contributed by atoms with van der Waals surface area (Å²) in [5, 5.41) is 1.14.